The topological polar surface area (TPSA) is 38.0 Å². The van der Waals surface area contributed by atoms with Crippen LogP contribution in [0.5, 0.6) is 0 Å². The quantitative estimate of drug-likeness (QED) is 0.247. The van der Waals surface area contributed by atoms with E-state index in [0.717, 1.165) is 0 Å². The van der Waals surface area contributed by atoms with Crippen molar-refractivity contribution in [3.63, 3.8) is 0 Å². The van der Waals surface area contributed by atoms with Crippen LogP contribution in [0.15, 0.2) is 0 Å². The molecule has 0 aromatic heterocycles. The molecule has 5 heteroatoms. The smallest absolute Gasteiger partial charge is 0.412 e. The Bertz CT molecular complexity index is 68.3. The molecular weight excluding hydrogens is 151 g/mol. The summed E-state index contributed by atoms with van der Waals surface area (Å²) in [7, 11) is 0. The molecule has 0 aliphatic heterocycles. The standard InChI is InChI=1S/C3H8N2S2.Na/c4-1-2-5-3(6)7;/h1-2,4H2,(H2,5,6,7);/q;+1/p-1. The van der Waals surface area contributed by atoms with Crippen molar-refractivity contribution in [1.82, 2.24) is 5.32 Å². The van der Waals surface area contributed by atoms with Gasteiger partial charge in [-0.15, -0.1) is 0 Å². The summed E-state index contributed by atoms with van der Waals surface area (Å²) in [5.74, 6) is 0. The summed E-state index contributed by atoms with van der Waals surface area (Å²) in [6.45, 7) is 1.26. The van der Waals surface area contributed by atoms with Gasteiger partial charge in [0.1, 0.15) is 0 Å². The van der Waals surface area contributed by atoms with Crippen molar-refractivity contribution in [2.75, 3.05) is 13.1 Å². The van der Waals surface area contributed by atoms with Gasteiger partial charge >= 0.3 is 29.6 Å². The largest absolute Gasteiger partial charge is 1.00 e. The fourth-order valence-corrected chi connectivity index (χ4v) is 0.378. The third-order valence-electron chi connectivity index (χ3n) is 0.414. The Kier molecular flexibility index (Phi) is 11.9. The van der Waals surface area contributed by atoms with Crippen LogP contribution in [-0.2, 0) is 12.6 Å². The van der Waals surface area contributed by atoms with E-state index in [0.29, 0.717) is 17.4 Å². The van der Waals surface area contributed by atoms with Crippen molar-refractivity contribution in [3.05, 3.63) is 0 Å². The molecular formula is C3H7N2NaS2. The molecule has 0 rings (SSSR count). The molecule has 0 atom stereocenters. The summed E-state index contributed by atoms with van der Waals surface area (Å²) < 4.78 is 0.394. The van der Waals surface area contributed by atoms with Crippen LogP contribution in [0.1, 0.15) is 0 Å². The molecule has 8 heavy (non-hydrogen) atoms. The molecule has 0 aromatic rings. The van der Waals surface area contributed by atoms with Gasteiger partial charge in [0.15, 0.2) is 0 Å². The van der Waals surface area contributed by atoms with Crippen molar-refractivity contribution in [2.24, 2.45) is 5.73 Å². The van der Waals surface area contributed by atoms with Gasteiger partial charge in [-0.05, 0) is 0 Å². The molecule has 0 aliphatic carbocycles. The van der Waals surface area contributed by atoms with Gasteiger partial charge in [-0.25, -0.2) is 0 Å². The predicted octanol–water partition coefficient (Wildman–Crippen LogP) is -3.63. The molecule has 0 fully saturated rings. The Morgan fingerprint density at radius 2 is 2.25 bits per heavy atom. The molecule has 2 nitrogen and oxygen atoms in total. The van der Waals surface area contributed by atoms with Gasteiger partial charge in [0.2, 0.25) is 0 Å². The molecule has 3 N–H and O–H groups in total. The van der Waals surface area contributed by atoms with E-state index in [1.54, 1.807) is 0 Å². The maximum atomic E-state index is 5.11. The van der Waals surface area contributed by atoms with E-state index >= 15 is 0 Å². The summed E-state index contributed by atoms with van der Waals surface area (Å²) in [5, 5.41) is 2.72. The summed E-state index contributed by atoms with van der Waals surface area (Å²) in [6, 6.07) is 0. The fraction of sp³-hybridized carbons (Fsp3) is 0.667. The number of nitrogens with two attached hydrogens (primary N) is 1. The van der Waals surface area contributed by atoms with Crippen LogP contribution >= 0.6 is 12.2 Å². The minimum Gasteiger partial charge on any atom is -0.412 e. The zero-order chi connectivity index (χ0) is 5.70. The average molecular weight is 158 g/mol. The number of thiocarbonyl (C=S) groups is 1. The molecule has 0 amide bonds. The first-order chi connectivity index (χ1) is 3.27. The normalized spacial score (nSPS) is 7.12. The van der Waals surface area contributed by atoms with Crippen LogP contribution < -0.4 is 40.6 Å². The molecule has 0 radical (unpaired) electrons. The first kappa shape index (κ1) is 11.8. The van der Waals surface area contributed by atoms with Gasteiger partial charge in [0.25, 0.3) is 0 Å². The Morgan fingerprint density at radius 1 is 1.75 bits per heavy atom. The van der Waals surface area contributed by atoms with Gasteiger partial charge in [-0.3, -0.25) is 0 Å². The summed E-state index contributed by atoms with van der Waals surface area (Å²) in [6.07, 6.45) is 0. The molecule has 0 saturated carbocycles. The van der Waals surface area contributed by atoms with E-state index in [1.807, 2.05) is 0 Å². The van der Waals surface area contributed by atoms with Crippen molar-refractivity contribution in [3.8, 4) is 0 Å². The zero-order valence-corrected chi connectivity index (χ0v) is 8.44. The predicted molar refractivity (Wildman–Crippen MR) is 37.0 cm³/mol. The molecule has 0 spiro atoms. The minimum atomic E-state index is 0. The second kappa shape index (κ2) is 8.07. The third-order valence-corrected chi connectivity index (χ3v) is 0.702. The van der Waals surface area contributed by atoms with E-state index in [2.05, 4.69) is 30.2 Å². The van der Waals surface area contributed by atoms with E-state index < -0.39 is 0 Å². The van der Waals surface area contributed by atoms with Crippen molar-refractivity contribution >= 4 is 29.2 Å². The van der Waals surface area contributed by atoms with Gasteiger partial charge in [-0.2, -0.15) is 0 Å². The van der Waals surface area contributed by atoms with Crippen molar-refractivity contribution < 1.29 is 29.6 Å². The average Bonchev–Trinajstić information content (AvgIpc) is 1.61. The minimum absolute atomic E-state index is 0. The summed E-state index contributed by atoms with van der Waals surface area (Å²) in [5.41, 5.74) is 5.11. The molecule has 0 unspecified atom stereocenters. The van der Waals surface area contributed by atoms with Crippen LogP contribution in [0.25, 0.3) is 0 Å². The van der Waals surface area contributed by atoms with Crippen LogP contribution in [0, 0.1) is 0 Å². The second-order valence-corrected chi connectivity index (χ2v) is 2.08. The van der Waals surface area contributed by atoms with Crippen LogP contribution in [-0.4, -0.2) is 17.4 Å². The van der Waals surface area contributed by atoms with Crippen molar-refractivity contribution in [2.45, 2.75) is 0 Å². The van der Waals surface area contributed by atoms with Gasteiger partial charge in [-0.1, -0.05) is 4.32 Å². The number of nitrogens with one attached hydrogen (secondary N) is 1. The monoisotopic (exact) mass is 158 g/mol. The molecule has 0 saturated heterocycles. The first-order valence-electron chi connectivity index (χ1n) is 1.92. The molecule has 0 aromatic carbocycles. The fourth-order valence-electron chi connectivity index (χ4n) is 0.174. The number of hydrogen-bond acceptors (Lipinski definition) is 3. The zero-order valence-electron chi connectivity index (χ0n) is 4.81. The number of rotatable bonds is 2. The first-order valence-corrected chi connectivity index (χ1v) is 2.74. The van der Waals surface area contributed by atoms with Crippen LogP contribution in [0.2, 0.25) is 0 Å². The molecule has 42 valence electrons. The second-order valence-electron chi connectivity index (χ2n) is 1.00. The Balaban J connectivity index is 0. The van der Waals surface area contributed by atoms with E-state index in [1.165, 1.54) is 0 Å². The SMILES string of the molecule is NCCNC(=S)[S-].[Na+]. The maximum Gasteiger partial charge on any atom is 1.00 e. The molecule has 0 aliphatic rings. The van der Waals surface area contributed by atoms with Crippen molar-refractivity contribution in [1.29, 1.82) is 0 Å². The van der Waals surface area contributed by atoms with E-state index in [9.17, 15) is 0 Å². The van der Waals surface area contributed by atoms with Gasteiger partial charge in [0.05, 0.1) is 0 Å². The number of hydrogen-bond donors (Lipinski definition) is 2. The van der Waals surface area contributed by atoms with E-state index in [4.69, 9.17) is 5.73 Å². The van der Waals surface area contributed by atoms with Gasteiger partial charge < -0.3 is 35.9 Å². The van der Waals surface area contributed by atoms with Gasteiger partial charge in [0, 0.05) is 13.1 Å². The third kappa shape index (κ3) is 10.1. The maximum absolute atomic E-state index is 5.11. The summed E-state index contributed by atoms with van der Waals surface area (Å²) >= 11 is 9.02. The molecule has 0 bridgehead atoms. The Morgan fingerprint density at radius 3 is 2.38 bits per heavy atom. The summed E-state index contributed by atoms with van der Waals surface area (Å²) in [4.78, 5) is 0. The van der Waals surface area contributed by atoms with Crippen LogP contribution in [0.4, 0.5) is 0 Å². The van der Waals surface area contributed by atoms with E-state index in [-0.39, 0.29) is 29.6 Å². The Hall–Kier alpha value is 1.07. The van der Waals surface area contributed by atoms with Crippen LogP contribution in [0.3, 0.4) is 0 Å². The Labute approximate surface area is 82.3 Å². The molecule has 0 heterocycles.